The summed E-state index contributed by atoms with van der Waals surface area (Å²) in [7, 11) is 0. The standard InChI is InChI=1S/C18H22N2.BrH/c1-3-7-15(8-4-1)18(16-9-5-2-6-10-16)20-17-11-13-19-14-12-17;/h1-10,17-20H,11-14H2;1H. The lowest BCUT2D eigenvalue weighted by Gasteiger charge is -2.29. The molecule has 0 amide bonds. The smallest absolute Gasteiger partial charge is 1.00 e. The summed E-state index contributed by atoms with van der Waals surface area (Å²) >= 11 is 0. The van der Waals surface area contributed by atoms with Crippen molar-refractivity contribution in [3.05, 3.63) is 71.8 Å². The van der Waals surface area contributed by atoms with Crippen molar-refractivity contribution in [3.63, 3.8) is 0 Å². The summed E-state index contributed by atoms with van der Waals surface area (Å²) in [6, 6.07) is 22.4. The van der Waals surface area contributed by atoms with Crippen LogP contribution in [-0.2, 0) is 0 Å². The van der Waals surface area contributed by atoms with Crippen LogP contribution in [0.15, 0.2) is 60.7 Å². The number of nitrogens with one attached hydrogen (secondary N) is 2. The van der Waals surface area contributed by atoms with Gasteiger partial charge in [0.15, 0.2) is 0 Å². The zero-order valence-corrected chi connectivity index (χ0v) is 13.7. The van der Waals surface area contributed by atoms with E-state index in [1.807, 2.05) is 0 Å². The first kappa shape index (κ1) is 16.2. The van der Waals surface area contributed by atoms with E-state index in [-0.39, 0.29) is 18.4 Å². The largest absolute Gasteiger partial charge is 1.00 e. The fraction of sp³-hybridized carbons (Fsp3) is 0.333. The van der Waals surface area contributed by atoms with Crippen molar-refractivity contribution in [2.45, 2.75) is 24.9 Å². The lowest BCUT2D eigenvalue weighted by molar-refractivity contribution is -0.00000416. The molecule has 1 aliphatic rings. The fourth-order valence-electron chi connectivity index (χ4n) is 2.90. The summed E-state index contributed by atoms with van der Waals surface area (Å²) in [6.45, 7) is 2.24. The Kier molecular flexibility index (Phi) is 6.43. The topological polar surface area (TPSA) is 24.1 Å². The molecule has 3 rings (SSSR count). The third-order valence-electron chi connectivity index (χ3n) is 4.01. The molecule has 0 aromatic heterocycles. The van der Waals surface area contributed by atoms with Crippen molar-refractivity contribution < 1.29 is 18.4 Å². The van der Waals surface area contributed by atoms with Gasteiger partial charge in [-0.1, -0.05) is 60.7 Å². The first-order valence-corrected chi connectivity index (χ1v) is 7.50. The zero-order chi connectivity index (χ0) is 13.6. The highest BCUT2D eigenvalue weighted by atomic mass is 79.9. The second-order valence-electron chi connectivity index (χ2n) is 5.45. The molecule has 1 aliphatic heterocycles. The van der Waals surface area contributed by atoms with Crippen LogP contribution in [0.2, 0.25) is 0 Å². The molecule has 0 radical (unpaired) electrons. The lowest BCUT2D eigenvalue weighted by Crippen LogP contribution is -3.00. The molecule has 0 saturated carbocycles. The highest BCUT2D eigenvalue weighted by molar-refractivity contribution is 5.31. The van der Waals surface area contributed by atoms with Crippen molar-refractivity contribution >= 4 is 0 Å². The van der Waals surface area contributed by atoms with Crippen molar-refractivity contribution in [1.82, 2.24) is 10.6 Å². The van der Waals surface area contributed by atoms with Crippen molar-refractivity contribution in [2.24, 2.45) is 0 Å². The summed E-state index contributed by atoms with van der Waals surface area (Å²) in [5, 5.41) is 7.28. The van der Waals surface area contributed by atoms with Crippen LogP contribution >= 0.6 is 0 Å². The number of halogens is 1. The molecule has 3 heteroatoms. The average molecular weight is 347 g/mol. The van der Waals surface area contributed by atoms with Crippen molar-refractivity contribution in [2.75, 3.05) is 13.1 Å². The van der Waals surface area contributed by atoms with E-state index in [0.717, 1.165) is 13.1 Å². The molecule has 1 heterocycles. The van der Waals surface area contributed by atoms with Gasteiger partial charge in [0.2, 0.25) is 0 Å². The predicted octanol–water partition coefficient (Wildman–Crippen LogP) is 0.234. The van der Waals surface area contributed by atoms with Gasteiger partial charge in [-0.3, -0.25) is 0 Å². The molecular weight excluding hydrogens is 324 g/mol. The third-order valence-corrected chi connectivity index (χ3v) is 4.01. The minimum atomic E-state index is 0. The predicted molar refractivity (Wildman–Crippen MR) is 84.9 cm³/mol. The molecule has 0 aliphatic carbocycles. The first-order valence-electron chi connectivity index (χ1n) is 7.50. The Morgan fingerprint density at radius 3 is 1.81 bits per heavy atom. The fourth-order valence-corrected chi connectivity index (χ4v) is 2.90. The highest BCUT2D eigenvalue weighted by Crippen LogP contribution is 2.23. The third kappa shape index (κ3) is 4.40. The molecule has 0 atom stereocenters. The molecule has 1 saturated heterocycles. The van der Waals surface area contributed by atoms with E-state index in [4.69, 9.17) is 0 Å². The van der Waals surface area contributed by atoms with E-state index in [0.29, 0.717) is 12.1 Å². The highest BCUT2D eigenvalue weighted by Gasteiger charge is 2.20. The maximum atomic E-state index is 3.85. The van der Waals surface area contributed by atoms with Crippen LogP contribution in [0.5, 0.6) is 0 Å². The van der Waals surface area contributed by atoms with Crippen molar-refractivity contribution in [1.29, 1.82) is 0 Å². The van der Waals surface area contributed by atoms with E-state index < -0.39 is 0 Å². The number of hydrogen-bond acceptors (Lipinski definition) is 2. The van der Waals surface area contributed by atoms with Gasteiger partial charge in [0.1, 0.15) is 0 Å². The SMILES string of the molecule is [Br-].[H+].c1ccc(C(NC2CCNCC2)c2ccccc2)cc1. The van der Waals surface area contributed by atoms with Crippen LogP contribution in [0.3, 0.4) is 0 Å². The number of rotatable bonds is 4. The van der Waals surface area contributed by atoms with E-state index in [1.54, 1.807) is 0 Å². The van der Waals surface area contributed by atoms with Crippen LogP contribution in [0.25, 0.3) is 0 Å². The average Bonchev–Trinajstić information content (AvgIpc) is 2.55. The molecule has 2 N–H and O–H groups in total. The van der Waals surface area contributed by atoms with Crippen LogP contribution in [0.4, 0.5) is 0 Å². The van der Waals surface area contributed by atoms with Crippen LogP contribution in [0.1, 0.15) is 31.4 Å². The normalized spacial score (nSPS) is 15.7. The minimum absolute atomic E-state index is 0. The maximum Gasteiger partial charge on any atom is 1.00 e. The molecule has 1 fully saturated rings. The zero-order valence-electron chi connectivity index (χ0n) is 13.1. The molecular formula is C18H23BrN2. The molecule has 21 heavy (non-hydrogen) atoms. The maximum absolute atomic E-state index is 3.85. The molecule has 0 bridgehead atoms. The van der Waals surface area contributed by atoms with Gasteiger partial charge in [-0.15, -0.1) is 0 Å². The first-order chi connectivity index (χ1) is 9.93. The van der Waals surface area contributed by atoms with Gasteiger partial charge < -0.3 is 27.6 Å². The Balaban J connectivity index is 0.00000121. The van der Waals surface area contributed by atoms with Gasteiger partial charge in [-0.25, -0.2) is 0 Å². The Labute approximate surface area is 139 Å². The van der Waals surface area contributed by atoms with E-state index in [2.05, 4.69) is 71.3 Å². The van der Waals surface area contributed by atoms with E-state index in [1.165, 1.54) is 24.0 Å². The van der Waals surface area contributed by atoms with Crippen molar-refractivity contribution in [3.8, 4) is 0 Å². The molecule has 112 valence electrons. The van der Waals surface area contributed by atoms with Gasteiger partial charge in [0.25, 0.3) is 0 Å². The second-order valence-corrected chi connectivity index (χ2v) is 5.45. The summed E-state index contributed by atoms with van der Waals surface area (Å²) in [4.78, 5) is 0. The van der Waals surface area contributed by atoms with Gasteiger partial charge in [-0.05, 0) is 37.1 Å². The van der Waals surface area contributed by atoms with Crippen LogP contribution < -0.4 is 27.6 Å². The number of hydrogen-bond donors (Lipinski definition) is 2. The van der Waals surface area contributed by atoms with Gasteiger partial charge in [0, 0.05) is 6.04 Å². The molecule has 0 unspecified atom stereocenters. The Bertz CT molecular complexity index is 476. The van der Waals surface area contributed by atoms with Gasteiger partial charge in [0.05, 0.1) is 6.04 Å². The second kappa shape index (κ2) is 8.32. The van der Waals surface area contributed by atoms with E-state index in [9.17, 15) is 0 Å². The Hall–Kier alpha value is -1.16. The quantitative estimate of drug-likeness (QED) is 0.828. The number of benzene rings is 2. The van der Waals surface area contributed by atoms with Crippen LogP contribution in [-0.4, -0.2) is 19.1 Å². The minimum Gasteiger partial charge on any atom is -1.00 e. The van der Waals surface area contributed by atoms with Crippen LogP contribution in [0, 0.1) is 0 Å². The summed E-state index contributed by atoms with van der Waals surface area (Å²) in [5.41, 5.74) is 2.69. The molecule has 2 aromatic rings. The number of piperidine rings is 1. The summed E-state index contributed by atoms with van der Waals surface area (Å²) < 4.78 is 0. The van der Waals surface area contributed by atoms with Gasteiger partial charge >= 0.3 is 1.43 Å². The summed E-state index contributed by atoms with van der Waals surface area (Å²) in [6.07, 6.45) is 2.41. The molecule has 2 aromatic carbocycles. The lowest BCUT2D eigenvalue weighted by atomic mass is 9.96. The van der Waals surface area contributed by atoms with Gasteiger partial charge in [-0.2, -0.15) is 0 Å². The van der Waals surface area contributed by atoms with E-state index >= 15 is 0 Å². The molecule has 0 spiro atoms. The summed E-state index contributed by atoms with van der Waals surface area (Å²) in [5.74, 6) is 0. The Morgan fingerprint density at radius 2 is 1.33 bits per heavy atom. The molecule has 2 nitrogen and oxygen atoms in total. The monoisotopic (exact) mass is 346 g/mol. The Morgan fingerprint density at radius 1 is 0.857 bits per heavy atom.